The van der Waals surface area contributed by atoms with Crippen LogP contribution in [0.3, 0.4) is 0 Å². The zero-order chi connectivity index (χ0) is 14.7. The van der Waals surface area contributed by atoms with Gasteiger partial charge in [0.1, 0.15) is 11.4 Å². The first-order valence-corrected chi connectivity index (χ1v) is 6.43. The first-order valence-electron chi connectivity index (χ1n) is 6.43. The van der Waals surface area contributed by atoms with Crippen molar-refractivity contribution in [3.05, 3.63) is 60.3 Å². The van der Waals surface area contributed by atoms with E-state index in [0.717, 1.165) is 5.39 Å². The second-order valence-corrected chi connectivity index (χ2v) is 4.40. The fraction of sp³-hybridized carbons (Fsp3) is 0.125. The van der Waals surface area contributed by atoms with Crippen molar-refractivity contribution in [2.75, 3.05) is 7.11 Å². The van der Waals surface area contributed by atoms with Gasteiger partial charge in [-0.3, -0.25) is 0 Å². The molecule has 0 saturated carbocycles. The molecule has 3 rings (SSSR count). The number of esters is 1. The van der Waals surface area contributed by atoms with Crippen molar-refractivity contribution in [3.8, 4) is 5.75 Å². The second-order valence-electron chi connectivity index (χ2n) is 4.40. The molecule has 1 aromatic heterocycles. The lowest BCUT2D eigenvalue weighted by molar-refractivity contribution is -0.149. The summed E-state index contributed by atoms with van der Waals surface area (Å²) in [6, 6.07) is 16.3. The van der Waals surface area contributed by atoms with Crippen molar-refractivity contribution in [1.82, 2.24) is 5.16 Å². The van der Waals surface area contributed by atoms with Gasteiger partial charge in [-0.05, 0) is 24.3 Å². The van der Waals surface area contributed by atoms with Crippen LogP contribution >= 0.6 is 0 Å². The molecule has 5 heteroatoms. The van der Waals surface area contributed by atoms with Gasteiger partial charge in [-0.15, -0.1) is 0 Å². The number of hydrogen-bond donors (Lipinski definition) is 0. The largest absolute Gasteiger partial charge is 0.472 e. The molecule has 5 nitrogen and oxygen atoms in total. The SMILES string of the molecule is COC(=O)C(Oc1ccccc1)c1noc2ccccc12. The lowest BCUT2D eigenvalue weighted by Gasteiger charge is -2.14. The van der Waals surface area contributed by atoms with Crippen molar-refractivity contribution in [2.45, 2.75) is 6.10 Å². The molecule has 0 amide bonds. The van der Waals surface area contributed by atoms with Gasteiger partial charge >= 0.3 is 5.97 Å². The van der Waals surface area contributed by atoms with Gasteiger partial charge in [-0.1, -0.05) is 35.5 Å². The van der Waals surface area contributed by atoms with E-state index in [0.29, 0.717) is 17.0 Å². The van der Waals surface area contributed by atoms with Gasteiger partial charge < -0.3 is 14.0 Å². The van der Waals surface area contributed by atoms with E-state index < -0.39 is 12.1 Å². The number of carbonyl (C=O) groups is 1. The average molecular weight is 283 g/mol. The summed E-state index contributed by atoms with van der Waals surface area (Å²) in [5, 5.41) is 4.69. The van der Waals surface area contributed by atoms with Crippen LogP contribution in [0.15, 0.2) is 59.1 Å². The molecule has 3 aromatic rings. The van der Waals surface area contributed by atoms with Crippen LogP contribution in [0.1, 0.15) is 11.8 Å². The zero-order valence-corrected chi connectivity index (χ0v) is 11.4. The number of rotatable bonds is 4. The molecular weight excluding hydrogens is 270 g/mol. The number of ether oxygens (including phenoxy) is 2. The fourth-order valence-electron chi connectivity index (χ4n) is 2.05. The van der Waals surface area contributed by atoms with E-state index in [4.69, 9.17) is 14.0 Å². The maximum absolute atomic E-state index is 12.0. The Labute approximate surface area is 121 Å². The van der Waals surface area contributed by atoms with Crippen molar-refractivity contribution in [1.29, 1.82) is 0 Å². The van der Waals surface area contributed by atoms with Gasteiger partial charge in [0.25, 0.3) is 0 Å². The summed E-state index contributed by atoms with van der Waals surface area (Å²) in [7, 11) is 1.31. The second kappa shape index (κ2) is 5.66. The molecule has 2 aromatic carbocycles. The van der Waals surface area contributed by atoms with Gasteiger partial charge in [0.2, 0.25) is 6.10 Å². The van der Waals surface area contributed by atoms with E-state index >= 15 is 0 Å². The predicted octanol–water partition coefficient (Wildman–Crippen LogP) is 3.12. The van der Waals surface area contributed by atoms with Crippen LogP contribution < -0.4 is 4.74 Å². The summed E-state index contributed by atoms with van der Waals surface area (Å²) in [5.74, 6) is 0.0258. The zero-order valence-electron chi connectivity index (χ0n) is 11.4. The summed E-state index contributed by atoms with van der Waals surface area (Å²) >= 11 is 0. The first kappa shape index (κ1) is 13.2. The number of para-hydroxylation sites is 2. The molecule has 21 heavy (non-hydrogen) atoms. The Bertz CT molecular complexity index is 751. The van der Waals surface area contributed by atoms with E-state index in [9.17, 15) is 4.79 Å². The number of benzene rings is 2. The quantitative estimate of drug-likeness (QED) is 0.688. The molecule has 0 spiro atoms. The number of aromatic nitrogens is 1. The molecule has 106 valence electrons. The highest BCUT2D eigenvalue weighted by atomic mass is 16.6. The highest BCUT2D eigenvalue weighted by Crippen LogP contribution is 2.28. The van der Waals surface area contributed by atoms with E-state index in [1.165, 1.54) is 7.11 Å². The number of hydrogen-bond acceptors (Lipinski definition) is 5. The van der Waals surface area contributed by atoms with E-state index in [1.807, 2.05) is 36.4 Å². The Hall–Kier alpha value is -2.82. The number of carbonyl (C=O) groups excluding carboxylic acids is 1. The third-order valence-corrected chi connectivity index (χ3v) is 3.07. The summed E-state index contributed by atoms with van der Waals surface area (Å²) in [4.78, 5) is 12.0. The molecule has 1 unspecified atom stereocenters. The standard InChI is InChI=1S/C16H13NO4/c1-19-16(18)15(20-11-7-3-2-4-8-11)14-12-9-5-6-10-13(12)21-17-14/h2-10,15H,1H3. The van der Waals surface area contributed by atoms with Crippen molar-refractivity contribution in [2.24, 2.45) is 0 Å². The molecule has 1 heterocycles. The minimum Gasteiger partial charge on any atom is -0.472 e. The minimum atomic E-state index is -0.971. The van der Waals surface area contributed by atoms with Gasteiger partial charge in [0.15, 0.2) is 5.58 Å². The maximum atomic E-state index is 12.0. The van der Waals surface area contributed by atoms with Crippen LogP contribution in [0.25, 0.3) is 11.0 Å². The minimum absolute atomic E-state index is 0.404. The summed E-state index contributed by atoms with van der Waals surface area (Å²) in [6.07, 6.45) is -0.971. The van der Waals surface area contributed by atoms with E-state index in [-0.39, 0.29) is 0 Å². The van der Waals surface area contributed by atoms with Crippen LogP contribution in [-0.2, 0) is 9.53 Å². The molecule has 0 aliphatic carbocycles. The van der Waals surface area contributed by atoms with Crippen LogP contribution in [0.4, 0.5) is 0 Å². The Morgan fingerprint density at radius 2 is 1.81 bits per heavy atom. The fourth-order valence-corrected chi connectivity index (χ4v) is 2.05. The lowest BCUT2D eigenvalue weighted by Crippen LogP contribution is -2.20. The number of methoxy groups -OCH3 is 1. The third kappa shape index (κ3) is 2.58. The molecule has 0 aliphatic heterocycles. The number of fused-ring (bicyclic) bond motifs is 1. The lowest BCUT2D eigenvalue weighted by atomic mass is 10.1. The first-order chi connectivity index (χ1) is 10.3. The Balaban J connectivity index is 2.01. The highest BCUT2D eigenvalue weighted by molar-refractivity contribution is 5.86. The van der Waals surface area contributed by atoms with E-state index in [1.54, 1.807) is 18.2 Å². The van der Waals surface area contributed by atoms with Crippen LogP contribution in [0.2, 0.25) is 0 Å². The highest BCUT2D eigenvalue weighted by Gasteiger charge is 2.29. The molecule has 0 saturated heterocycles. The summed E-state index contributed by atoms with van der Waals surface area (Å²) in [5.41, 5.74) is 0.999. The summed E-state index contributed by atoms with van der Waals surface area (Å²) < 4.78 is 15.8. The van der Waals surface area contributed by atoms with Crippen LogP contribution in [0.5, 0.6) is 5.75 Å². The normalized spacial score (nSPS) is 12.0. The van der Waals surface area contributed by atoms with Gasteiger partial charge in [-0.25, -0.2) is 4.79 Å². The Morgan fingerprint density at radius 1 is 1.10 bits per heavy atom. The predicted molar refractivity (Wildman–Crippen MR) is 75.8 cm³/mol. The topological polar surface area (TPSA) is 61.6 Å². The molecule has 0 radical (unpaired) electrons. The van der Waals surface area contributed by atoms with Crippen LogP contribution in [0, 0.1) is 0 Å². The molecule has 0 bridgehead atoms. The van der Waals surface area contributed by atoms with Gasteiger partial charge in [-0.2, -0.15) is 0 Å². The monoisotopic (exact) mass is 283 g/mol. The third-order valence-electron chi connectivity index (χ3n) is 3.07. The molecule has 0 aliphatic rings. The number of nitrogens with zero attached hydrogens (tertiary/aromatic N) is 1. The Morgan fingerprint density at radius 3 is 2.57 bits per heavy atom. The maximum Gasteiger partial charge on any atom is 0.353 e. The smallest absolute Gasteiger partial charge is 0.353 e. The van der Waals surface area contributed by atoms with E-state index in [2.05, 4.69) is 5.16 Å². The molecular formula is C16H13NO4. The van der Waals surface area contributed by atoms with Gasteiger partial charge in [0.05, 0.1) is 7.11 Å². The summed E-state index contributed by atoms with van der Waals surface area (Å²) in [6.45, 7) is 0. The van der Waals surface area contributed by atoms with Crippen LogP contribution in [-0.4, -0.2) is 18.2 Å². The Kier molecular flexibility index (Phi) is 3.55. The molecule has 0 fully saturated rings. The van der Waals surface area contributed by atoms with Gasteiger partial charge in [0, 0.05) is 5.39 Å². The molecule has 1 atom stereocenters. The molecule has 0 N–H and O–H groups in total. The van der Waals surface area contributed by atoms with Crippen molar-refractivity contribution >= 4 is 16.9 Å². The van der Waals surface area contributed by atoms with Crippen molar-refractivity contribution in [3.63, 3.8) is 0 Å². The van der Waals surface area contributed by atoms with Crippen molar-refractivity contribution < 1.29 is 18.8 Å². The average Bonchev–Trinajstić information content (AvgIpc) is 2.97.